The summed E-state index contributed by atoms with van der Waals surface area (Å²) in [6, 6.07) is 28.5. The number of fused-ring (bicyclic) bond motifs is 2. The van der Waals surface area contributed by atoms with Crippen LogP contribution in [-0.2, 0) is 6.54 Å². The lowest BCUT2D eigenvalue weighted by Crippen LogP contribution is -2.17. The lowest BCUT2D eigenvalue weighted by molar-refractivity contribution is 0.0964. The quantitative estimate of drug-likeness (QED) is 0.556. The zero-order valence-electron chi connectivity index (χ0n) is 15.7. The van der Waals surface area contributed by atoms with Crippen LogP contribution < -0.4 is 10.6 Å². The Labute approximate surface area is 160 Å². The first-order valence-corrected chi connectivity index (χ1v) is 9.05. The number of hydrogen-bond acceptors (Lipinski definition) is 2. The Balaban J connectivity index is 0.000000156. The molecule has 0 unspecified atom stereocenters. The molecule has 1 amide bonds. The number of carbonyl (C=O) groups is 1. The molecule has 0 aliphatic carbocycles. The van der Waals surface area contributed by atoms with Crippen molar-refractivity contribution in [3.8, 4) is 0 Å². The van der Waals surface area contributed by atoms with Crippen molar-refractivity contribution in [3.63, 3.8) is 0 Å². The fourth-order valence-corrected chi connectivity index (χ4v) is 3.20. The van der Waals surface area contributed by atoms with Crippen LogP contribution in [0.15, 0.2) is 84.9 Å². The van der Waals surface area contributed by atoms with Gasteiger partial charge < -0.3 is 10.6 Å². The fraction of sp³-hybridized carbons (Fsp3) is 0.125. The molecule has 0 saturated heterocycles. The van der Waals surface area contributed by atoms with Gasteiger partial charge in [-0.25, -0.2) is 0 Å². The normalized spacial score (nSPS) is 10.3. The van der Waals surface area contributed by atoms with E-state index in [0.29, 0.717) is 0 Å². The average Bonchev–Trinajstić information content (AvgIpc) is 2.74. The molecule has 4 aromatic rings. The molecule has 0 saturated carbocycles. The van der Waals surface area contributed by atoms with Gasteiger partial charge in [-0.15, -0.1) is 0 Å². The van der Waals surface area contributed by atoms with E-state index in [1.807, 2.05) is 49.5 Å². The van der Waals surface area contributed by atoms with Crippen molar-refractivity contribution in [3.05, 3.63) is 96.1 Å². The van der Waals surface area contributed by atoms with Gasteiger partial charge in [-0.1, -0.05) is 78.9 Å². The van der Waals surface area contributed by atoms with Crippen molar-refractivity contribution >= 4 is 27.5 Å². The van der Waals surface area contributed by atoms with Gasteiger partial charge in [0.05, 0.1) is 0 Å². The highest BCUT2D eigenvalue weighted by molar-refractivity contribution is 6.06. The van der Waals surface area contributed by atoms with E-state index in [-0.39, 0.29) is 5.91 Å². The van der Waals surface area contributed by atoms with Gasteiger partial charge in [-0.05, 0) is 40.2 Å². The molecule has 27 heavy (non-hydrogen) atoms. The van der Waals surface area contributed by atoms with Crippen molar-refractivity contribution in [2.24, 2.45) is 0 Å². The van der Waals surface area contributed by atoms with Crippen LogP contribution in [0.2, 0.25) is 0 Å². The van der Waals surface area contributed by atoms with Crippen LogP contribution in [-0.4, -0.2) is 20.0 Å². The van der Waals surface area contributed by atoms with E-state index in [2.05, 4.69) is 53.1 Å². The molecule has 0 spiro atoms. The summed E-state index contributed by atoms with van der Waals surface area (Å²) in [4.78, 5) is 11.5. The van der Waals surface area contributed by atoms with Gasteiger partial charge in [0.2, 0.25) is 0 Å². The molecule has 4 rings (SSSR count). The smallest absolute Gasteiger partial charge is 0.251 e. The van der Waals surface area contributed by atoms with Crippen LogP contribution in [0.5, 0.6) is 0 Å². The molecule has 0 bridgehead atoms. The van der Waals surface area contributed by atoms with Crippen LogP contribution >= 0.6 is 0 Å². The van der Waals surface area contributed by atoms with Crippen molar-refractivity contribution in [1.82, 2.24) is 10.6 Å². The third-order valence-corrected chi connectivity index (χ3v) is 4.51. The Morgan fingerprint density at radius 1 is 0.704 bits per heavy atom. The summed E-state index contributed by atoms with van der Waals surface area (Å²) in [5, 5.41) is 10.6. The first kappa shape index (κ1) is 18.6. The summed E-state index contributed by atoms with van der Waals surface area (Å²) in [5.74, 6) is -0.0400. The number of amides is 1. The third-order valence-electron chi connectivity index (χ3n) is 4.51. The van der Waals surface area contributed by atoms with Gasteiger partial charge in [-0.3, -0.25) is 4.79 Å². The second-order valence-corrected chi connectivity index (χ2v) is 6.27. The molecule has 0 aliphatic rings. The van der Waals surface area contributed by atoms with Gasteiger partial charge in [0.15, 0.2) is 0 Å². The van der Waals surface area contributed by atoms with Crippen LogP contribution in [0.1, 0.15) is 15.9 Å². The zero-order chi connectivity index (χ0) is 19.1. The minimum atomic E-state index is -0.0400. The molecule has 0 fully saturated rings. The average molecular weight is 356 g/mol. The Hall–Kier alpha value is -3.17. The maximum atomic E-state index is 11.5. The Morgan fingerprint density at radius 3 is 1.93 bits per heavy atom. The van der Waals surface area contributed by atoms with E-state index in [4.69, 9.17) is 0 Å². The maximum absolute atomic E-state index is 11.5. The fourth-order valence-electron chi connectivity index (χ4n) is 3.20. The predicted octanol–water partition coefficient (Wildman–Crippen LogP) is 4.76. The van der Waals surface area contributed by atoms with Gasteiger partial charge in [0.25, 0.3) is 5.91 Å². The van der Waals surface area contributed by atoms with Gasteiger partial charge in [0.1, 0.15) is 0 Å². The first-order valence-electron chi connectivity index (χ1n) is 9.05. The first-order chi connectivity index (χ1) is 13.2. The highest BCUT2D eigenvalue weighted by Crippen LogP contribution is 2.18. The largest absolute Gasteiger partial charge is 0.355 e. The van der Waals surface area contributed by atoms with Gasteiger partial charge in [0, 0.05) is 19.2 Å². The highest BCUT2D eigenvalue weighted by atomic mass is 16.1. The third kappa shape index (κ3) is 4.33. The van der Waals surface area contributed by atoms with E-state index in [1.54, 1.807) is 7.05 Å². The lowest BCUT2D eigenvalue weighted by atomic mass is 10.0. The number of nitrogens with one attached hydrogen (secondary N) is 2. The minimum Gasteiger partial charge on any atom is -0.355 e. The summed E-state index contributed by atoms with van der Waals surface area (Å²) in [6.07, 6.45) is 0. The van der Waals surface area contributed by atoms with Gasteiger partial charge in [-0.2, -0.15) is 0 Å². The standard InChI is InChI=1S/C12H11NO.C12H13N/c1-13-12(14)11-8-4-6-9-5-2-3-7-10(9)11;1-13-9-11-7-4-6-10-5-2-3-8-12(10)11/h2-8H,1H3,(H,13,14);2-8,13H,9H2,1H3. The van der Waals surface area contributed by atoms with E-state index >= 15 is 0 Å². The van der Waals surface area contributed by atoms with Gasteiger partial charge >= 0.3 is 0 Å². The summed E-state index contributed by atoms with van der Waals surface area (Å²) in [6.45, 7) is 0.932. The van der Waals surface area contributed by atoms with Crippen molar-refractivity contribution in [2.45, 2.75) is 6.54 Å². The molecule has 3 nitrogen and oxygen atoms in total. The SMILES string of the molecule is CNC(=O)c1cccc2ccccc12.CNCc1cccc2ccccc12. The number of benzene rings is 4. The highest BCUT2D eigenvalue weighted by Gasteiger charge is 2.06. The maximum Gasteiger partial charge on any atom is 0.251 e. The van der Waals surface area contributed by atoms with E-state index in [9.17, 15) is 4.79 Å². The van der Waals surface area contributed by atoms with Crippen LogP contribution in [0.3, 0.4) is 0 Å². The Bertz CT molecular complexity index is 1050. The van der Waals surface area contributed by atoms with E-state index in [0.717, 1.165) is 22.9 Å². The monoisotopic (exact) mass is 356 g/mol. The molecule has 4 aromatic carbocycles. The zero-order valence-corrected chi connectivity index (χ0v) is 15.7. The van der Waals surface area contributed by atoms with Crippen molar-refractivity contribution < 1.29 is 4.79 Å². The second kappa shape index (κ2) is 8.97. The van der Waals surface area contributed by atoms with Crippen LogP contribution in [0, 0.1) is 0 Å². The number of rotatable bonds is 3. The molecule has 2 N–H and O–H groups in total. The predicted molar refractivity (Wildman–Crippen MR) is 114 cm³/mol. The summed E-state index contributed by atoms with van der Waals surface area (Å²) < 4.78 is 0. The summed E-state index contributed by atoms with van der Waals surface area (Å²) in [5.41, 5.74) is 2.09. The molecular weight excluding hydrogens is 332 g/mol. The molecule has 0 atom stereocenters. The van der Waals surface area contributed by atoms with Crippen LogP contribution in [0.4, 0.5) is 0 Å². The molecule has 3 heteroatoms. The second-order valence-electron chi connectivity index (χ2n) is 6.27. The number of carbonyl (C=O) groups excluding carboxylic acids is 1. The number of hydrogen-bond donors (Lipinski definition) is 2. The summed E-state index contributed by atoms with van der Waals surface area (Å²) >= 11 is 0. The minimum absolute atomic E-state index is 0.0400. The van der Waals surface area contributed by atoms with E-state index < -0.39 is 0 Å². The van der Waals surface area contributed by atoms with Crippen molar-refractivity contribution in [1.29, 1.82) is 0 Å². The molecule has 136 valence electrons. The topological polar surface area (TPSA) is 41.1 Å². The molecule has 0 heterocycles. The summed E-state index contributed by atoms with van der Waals surface area (Å²) in [7, 11) is 3.62. The molecule has 0 radical (unpaired) electrons. The molecular formula is C24H24N2O. The van der Waals surface area contributed by atoms with Crippen molar-refractivity contribution in [2.75, 3.05) is 14.1 Å². The Morgan fingerprint density at radius 2 is 1.26 bits per heavy atom. The molecule has 0 aliphatic heterocycles. The van der Waals surface area contributed by atoms with E-state index in [1.165, 1.54) is 16.3 Å². The lowest BCUT2D eigenvalue weighted by Gasteiger charge is -2.04. The van der Waals surface area contributed by atoms with Crippen LogP contribution in [0.25, 0.3) is 21.5 Å². The molecule has 0 aromatic heterocycles. The Kier molecular flexibility index (Phi) is 6.18.